The lowest BCUT2D eigenvalue weighted by Gasteiger charge is -2.15. The number of hydrogen-bond acceptors (Lipinski definition) is 6. The average molecular weight is 379 g/mol. The number of rotatable bonds is 6. The largest absolute Gasteiger partial charge is 0.460 e. The van der Waals surface area contributed by atoms with Crippen LogP contribution in [0.3, 0.4) is 0 Å². The quantitative estimate of drug-likeness (QED) is 0.344. The summed E-state index contributed by atoms with van der Waals surface area (Å²) in [5.74, 6) is -0.499. The SMILES string of the molecule is C=CCOC(=O)CN(O)c1ccccc1.Cc1ccc(S(=O)(=O)O)cc1. The van der Waals surface area contributed by atoms with Crippen LogP contribution < -0.4 is 5.06 Å². The first kappa shape index (κ1) is 21.4. The highest BCUT2D eigenvalue weighted by molar-refractivity contribution is 7.85. The molecule has 0 unspecified atom stereocenters. The zero-order chi connectivity index (χ0) is 19.6. The number of benzene rings is 2. The summed E-state index contributed by atoms with van der Waals surface area (Å²) in [6, 6.07) is 14.7. The van der Waals surface area contributed by atoms with Gasteiger partial charge in [-0.3, -0.25) is 14.6 Å². The Morgan fingerprint density at radius 1 is 1.15 bits per heavy atom. The van der Waals surface area contributed by atoms with E-state index < -0.39 is 16.1 Å². The predicted octanol–water partition coefficient (Wildman–Crippen LogP) is 2.85. The summed E-state index contributed by atoms with van der Waals surface area (Å²) < 4.78 is 34.3. The zero-order valence-electron chi connectivity index (χ0n) is 14.3. The standard InChI is InChI=1S/C11H13NO3.C7H8O3S/c1-2-8-15-11(13)9-12(14)10-6-4-3-5-7-10;1-6-2-4-7(5-3-6)11(8,9)10/h2-7,14H,1,8-9H2;2-5H,1H3,(H,8,9,10). The lowest BCUT2D eigenvalue weighted by molar-refractivity contribution is -0.141. The molecule has 0 saturated carbocycles. The van der Waals surface area contributed by atoms with Crippen molar-refractivity contribution in [3.63, 3.8) is 0 Å². The Morgan fingerprint density at radius 3 is 2.23 bits per heavy atom. The number of aryl methyl sites for hydroxylation is 1. The summed E-state index contributed by atoms with van der Waals surface area (Å²) in [4.78, 5) is 11.0. The van der Waals surface area contributed by atoms with Gasteiger partial charge in [-0.05, 0) is 31.2 Å². The second-order valence-electron chi connectivity index (χ2n) is 5.15. The molecule has 7 nitrogen and oxygen atoms in total. The van der Waals surface area contributed by atoms with Crippen LogP contribution in [0.1, 0.15) is 5.56 Å². The van der Waals surface area contributed by atoms with Crippen LogP contribution in [-0.4, -0.2) is 37.3 Å². The van der Waals surface area contributed by atoms with Crippen molar-refractivity contribution in [2.45, 2.75) is 11.8 Å². The number of anilines is 1. The fourth-order valence-corrected chi connectivity index (χ4v) is 2.20. The molecule has 2 aromatic rings. The first-order valence-corrected chi connectivity index (χ1v) is 9.00. The van der Waals surface area contributed by atoms with Gasteiger partial charge in [0.15, 0.2) is 0 Å². The van der Waals surface area contributed by atoms with Crippen molar-refractivity contribution >= 4 is 21.8 Å². The molecule has 2 N–H and O–H groups in total. The molecule has 0 aliphatic rings. The van der Waals surface area contributed by atoms with Crippen molar-refractivity contribution < 1.29 is 27.7 Å². The van der Waals surface area contributed by atoms with Crippen molar-refractivity contribution in [2.75, 3.05) is 18.2 Å². The molecule has 140 valence electrons. The van der Waals surface area contributed by atoms with E-state index in [0.29, 0.717) is 5.69 Å². The van der Waals surface area contributed by atoms with Crippen molar-refractivity contribution in [3.8, 4) is 0 Å². The molecule has 26 heavy (non-hydrogen) atoms. The fourth-order valence-electron chi connectivity index (χ4n) is 1.72. The maximum atomic E-state index is 11.1. The topological polar surface area (TPSA) is 104 Å². The van der Waals surface area contributed by atoms with E-state index in [1.165, 1.54) is 18.2 Å². The number of ether oxygens (including phenoxy) is 1. The maximum absolute atomic E-state index is 11.1. The molecule has 0 aliphatic heterocycles. The summed E-state index contributed by atoms with van der Waals surface area (Å²) in [5, 5.41) is 10.3. The molecule has 0 radical (unpaired) electrons. The van der Waals surface area contributed by atoms with Gasteiger partial charge in [0.25, 0.3) is 10.1 Å². The van der Waals surface area contributed by atoms with Crippen LogP contribution in [0.5, 0.6) is 0 Å². The maximum Gasteiger partial charge on any atom is 0.328 e. The molecule has 0 aromatic heterocycles. The van der Waals surface area contributed by atoms with Gasteiger partial charge < -0.3 is 4.74 Å². The highest BCUT2D eigenvalue weighted by Gasteiger charge is 2.09. The van der Waals surface area contributed by atoms with E-state index in [0.717, 1.165) is 10.6 Å². The van der Waals surface area contributed by atoms with Gasteiger partial charge in [0.2, 0.25) is 0 Å². The van der Waals surface area contributed by atoms with Crippen molar-refractivity contribution in [1.29, 1.82) is 0 Å². The lowest BCUT2D eigenvalue weighted by Crippen LogP contribution is -2.27. The van der Waals surface area contributed by atoms with E-state index in [4.69, 9.17) is 9.29 Å². The van der Waals surface area contributed by atoms with Crippen LogP contribution in [-0.2, 0) is 19.6 Å². The minimum absolute atomic E-state index is 0.0666. The van der Waals surface area contributed by atoms with E-state index in [9.17, 15) is 18.4 Å². The molecule has 0 atom stereocenters. The summed E-state index contributed by atoms with van der Waals surface area (Å²) in [6.07, 6.45) is 1.47. The minimum atomic E-state index is -4.02. The van der Waals surface area contributed by atoms with Crippen LogP contribution in [0.25, 0.3) is 0 Å². The first-order valence-electron chi connectivity index (χ1n) is 7.56. The monoisotopic (exact) mass is 379 g/mol. The van der Waals surface area contributed by atoms with Gasteiger partial charge >= 0.3 is 5.97 Å². The number of para-hydroxylation sites is 1. The van der Waals surface area contributed by atoms with Crippen LogP contribution in [0.4, 0.5) is 5.69 Å². The molecule has 0 heterocycles. The molecule has 0 saturated heterocycles. The van der Waals surface area contributed by atoms with E-state index in [1.807, 2.05) is 13.0 Å². The summed E-state index contributed by atoms with van der Waals surface area (Å²) in [6.45, 7) is 5.22. The number of carbonyl (C=O) groups excluding carboxylic acids is 1. The zero-order valence-corrected chi connectivity index (χ0v) is 15.1. The minimum Gasteiger partial charge on any atom is -0.460 e. The summed E-state index contributed by atoms with van der Waals surface area (Å²) in [5.41, 5.74) is 1.51. The molecule has 2 rings (SSSR count). The molecule has 2 aromatic carbocycles. The van der Waals surface area contributed by atoms with E-state index in [-0.39, 0.29) is 18.0 Å². The van der Waals surface area contributed by atoms with Gasteiger partial charge in [0, 0.05) is 0 Å². The number of hydroxylamine groups is 1. The van der Waals surface area contributed by atoms with E-state index >= 15 is 0 Å². The van der Waals surface area contributed by atoms with Gasteiger partial charge in [0.1, 0.15) is 13.2 Å². The normalized spacial score (nSPS) is 10.3. The Labute approximate surface area is 152 Å². The highest BCUT2D eigenvalue weighted by atomic mass is 32.2. The number of nitrogens with zero attached hydrogens (tertiary/aromatic N) is 1. The summed E-state index contributed by atoms with van der Waals surface area (Å²) >= 11 is 0. The van der Waals surface area contributed by atoms with Gasteiger partial charge in [-0.25, -0.2) is 5.06 Å². The Kier molecular flexibility index (Phi) is 8.50. The Bertz CT molecular complexity index is 803. The Morgan fingerprint density at radius 2 is 1.73 bits per heavy atom. The van der Waals surface area contributed by atoms with Crippen LogP contribution >= 0.6 is 0 Å². The lowest BCUT2D eigenvalue weighted by atomic mass is 10.2. The van der Waals surface area contributed by atoms with E-state index in [1.54, 1.807) is 36.4 Å². The van der Waals surface area contributed by atoms with Crippen LogP contribution in [0, 0.1) is 6.92 Å². The third-order valence-electron chi connectivity index (χ3n) is 3.01. The van der Waals surface area contributed by atoms with E-state index in [2.05, 4.69) is 6.58 Å². The van der Waals surface area contributed by atoms with Gasteiger partial charge in [-0.15, -0.1) is 0 Å². The number of hydrogen-bond donors (Lipinski definition) is 2. The predicted molar refractivity (Wildman–Crippen MR) is 97.7 cm³/mol. The van der Waals surface area contributed by atoms with Crippen molar-refractivity contribution in [2.24, 2.45) is 0 Å². The third-order valence-corrected chi connectivity index (χ3v) is 3.88. The molecule has 0 spiro atoms. The number of esters is 1. The smallest absolute Gasteiger partial charge is 0.328 e. The van der Waals surface area contributed by atoms with Gasteiger partial charge in [0.05, 0.1) is 10.6 Å². The van der Waals surface area contributed by atoms with Crippen molar-refractivity contribution in [1.82, 2.24) is 0 Å². The second-order valence-corrected chi connectivity index (χ2v) is 6.57. The molecular formula is C18H21NO6S. The van der Waals surface area contributed by atoms with Gasteiger partial charge in [-0.2, -0.15) is 8.42 Å². The first-order chi connectivity index (χ1) is 12.2. The number of carbonyl (C=O) groups is 1. The molecular weight excluding hydrogens is 358 g/mol. The molecule has 0 amide bonds. The van der Waals surface area contributed by atoms with Crippen LogP contribution in [0.2, 0.25) is 0 Å². The highest BCUT2D eigenvalue weighted by Crippen LogP contribution is 2.10. The fraction of sp³-hybridized carbons (Fsp3) is 0.167. The molecule has 0 bridgehead atoms. The summed E-state index contributed by atoms with van der Waals surface area (Å²) in [7, 11) is -4.02. The van der Waals surface area contributed by atoms with Crippen LogP contribution in [0.15, 0.2) is 72.1 Å². The molecule has 0 fully saturated rings. The third kappa shape index (κ3) is 7.93. The molecule has 8 heteroatoms. The van der Waals surface area contributed by atoms with Gasteiger partial charge in [-0.1, -0.05) is 48.6 Å². The Hall–Kier alpha value is -2.68. The van der Waals surface area contributed by atoms with Crippen molar-refractivity contribution in [3.05, 3.63) is 72.8 Å². The average Bonchev–Trinajstić information content (AvgIpc) is 2.61. The molecule has 0 aliphatic carbocycles. The second kappa shape index (κ2) is 10.3. The Balaban J connectivity index is 0.000000273.